The van der Waals surface area contributed by atoms with Crippen molar-refractivity contribution in [3.8, 4) is 11.3 Å². The van der Waals surface area contributed by atoms with Crippen LogP contribution < -0.4 is 5.32 Å². The number of nitrogens with one attached hydrogen (secondary N) is 2. The second-order valence-electron chi connectivity index (χ2n) is 9.16. The minimum absolute atomic E-state index is 0.00321. The summed E-state index contributed by atoms with van der Waals surface area (Å²) in [5.74, 6) is -1.15. The van der Waals surface area contributed by atoms with Crippen molar-refractivity contribution in [3.63, 3.8) is 0 Å². The Hall–Kier alpha value is -3.07. The summed E-state index contributed by atoms with van der Waals surface area (Å²) in [6.07, 6.45) is 5.04. The van der Waals surface area contributed by atoms with E-state index in [0.717, 1.165) is 48.3 Å². The molecule has 170 valence electrons. The van der Waals surface area contributed by atoms with E-state index in [4.69, 9.17) is 0 Å². The van der Waals surface area contributed by atoms with Crippen molar-refractivity contribution < 1.29 is 9.59 Å². The second-order valence-corrected chi connectivity index (χ2v) is 9.16. The molecule has 1 aliphatic heterocycles. The highest BCUT2D eigenvalue weighted by atomic mass is 16.2. The zero-order valence-corrected chi connectivity index (χ0v) is 19.3. The molecule has 1 fully saturated rings. The van der Waals surface area contributed by atoms with E-state index in [1.54, 1.807) is 4.52 Å². The highest BCUT2D eigenvalue weighted by Gasteiger charge is 2.29. The number of aromatic amines is 1. The molecule has 0 radical (unpaired) electrons. The molecule has 1 saturated heterocycles. The Morgan fingerprint density at radius 3 is 2.56 bits per heavy atom. The highest BCUT2D eigenvalue weighted by Crippen LogP contribution is 2.31. The smallest absolute Gasteiger partial charge is 0.294 e. The van der Waals surface area contributed by atoms with Gasteiger partial charge in [-0.25, -0.2) is 9.50 Å². The Morgan fingerprint density at radius 1 is 1.19 bits per heavy atom. The molecule has 3 aromatic heterocycles. The van der Waals surface area contributed by atoms with E-state index >= 15 is 0 Å². The third kappa shape index (κ3) is 4.17. The van der Waals surface area contributed by atoms with Gasteiger partial charge in [-0.1, -0.05) is 13.8 Å². The SMILES string of the molecule is Cc1cc(-c2n[nH]c(C(=O)C(=O)NC3CCN(C(C)C)CC3)c2C(C)C)cn2ncnc12. The first-order valence-corrected chi connectivity index (χ1v) is 11.2. The Balaban J connectivity index is 1.56. The third-order valence-corrected chi connectivity index (χ3v) is 6.24. The average Bonchev–Trinajstić information content (AvgIpc) is 3.41. The monoisotopic (exact) mass is 437 g/mol. The molecule has 1 aliphatic rings. The maximum atomic E-state index is 13.1. The summed E-state index contributed by atoms with van der Waals surface area (Å²) in [5.41, 5.74) is 4.19. The molecule has 4 heterocycles. The number of carbonyl (C=O) groups excluding carboxylic acids is 2. The molecule has 0 atom stereocenters. The first kappa shape index (κ1) is 22.1. The predicted molar refractivity (Wildman–Crippen MR) is 122 cm³/mol. The van der Waals surface area contributed by atoms with Crippen molar-refractivity contribution in [1.82, 2.24) is 35.0 Å². The zero-order valence-electron chi connectivity index (χ0n) is 19.3. The summed E-state index contributed by atoms with van der Waals surface area (Å²) in [6, 6.07) is 2.48. The normalized spacial score (nSPS) is 15.7. The number of amides is 1. The molecule has 0 spiro atoms. The van der Waals surface area contributed by atoms with Gasteiger partial charge in [-0.3, -0.25) is 14.7 Å². The summed E-state index contributed by atoms with van der Waals surface area (Å²) in [7, 11) is 0. The molecule has 32 heavy (non-hydrogen) atoms. The van der Waals surface area contributed by atoms with Gasteiger partial charge in [-0.15, -0.1) is 0 Å². The molecule has 1 amide bonds. The predicted octanol–water partition coefficient (Wildman–Crippen LogP) is 2.72. The Labute approximate surface area is 187 Å². The molecule has 0 unspecified atom stereocenters. The van der Waals surface area contributed by atoms with Crippen LogP contribution in [0.4, 0.5) is 0 Å². The van der Waals surface area contributed by atoms with Crippen LogP contribution in [0, 0.1) is 6.92 Å². The zero-order chi connectivity index (χ0) is 23.0. The number of pyridine rings is 1. The molecular formula is C23H31N7O2. The van der Waals surface area contributed by atoms with E-state index in [2.05, 4.69) is 44.3 Å². The lowest BCUT2D eigenvalue weighted by Gasteiger charge is -2.34. The van der Waals surface area contributed by atoms with Gasteiger partial charge in [-0.05, 0) is 51.2 Å². The summed E-state index contributed by atoms with van der Waals surface area (Å²) in [4.78, 5) is 32.5. The first-order valence-electron chi connectivity index (χ1n) is 11.2. The number of ketones is 1. The van der Waals surface area contributed by atoms with Gasteiger partial charge in [0.25, 0.3) is 11.7 Å². The van der Waals surface area contributed by atoms with E-state index < -0.39 is 11.7 Å². The first-order chi connectivity index (χ1) is 15.3. The molecule has 0 saturated carbocycles. The minimum Gasteiger partial charge on any atom is -0.346 e. The number of aromatic nitrogens is 5. The van der Waals surface area contributed by atoms with E-state index in [-0.39, 0.29) is 17.7 Å². The van der Waals surface area contributed by atoms with Gasteiger partial charge < -0.3 is 10.2 Å². The number of piperidine rings is 1. The molecule has 0 bridgehead atoms. The number of carbonyl (C=O) groups is 2. The number of aryl methyl sites for hydroxylation is 1. The Bertz CT molecular complexity index is 1140. The maximum absolute atomic E-state index is 13.1. The third-order valence-electron chi connectivity index (χ3n) is 6.24. The topological polar surface area (TPSA) is 108 Å². The average molecular weight is 438 g/mol. The minimum atomic E-state index is -0.576. The summed E-state index contributed by atoms with van der Waals surface area (Å²) in [6.45, 7) is 12.1. The van der Waals surface area contributed by atoms with Gasteiger partial charge in [0.2, 0.25) is 0 Å². The van der Waals surface area contributed by atoms with Crippen LogP contribution in [0.1, 0.15) is 68.1 Å². The second kappa shape index (κ2) is 8.82. The van der Waals surface area contributed by atoms with Crippen LogP contribution in [0.5, 0.6) is 0 Å². The van der Waals surface area contributed by atoms with Crippen molar-refractivity contribution >= 4 is 17.3 Å². The number of nitrogens with zero attached hydrogens (tertiary/aromatic N) is 5. The lowest BCUT2D eigenvalue weighted by molar-refractivity contribution is -0.118. The summed E-state index contributed by atoms with van der Waals surface area (Å²) < 4.78 is 1.70. The maximum Gasteiger partial charge on any atom is 0.294 e. The summed E-state index contributed by atoms with van der Waals surface area (Å²) >= 11 is 0. The largest absolute Gasteiger partial charge is 0.346 e. The van der Waals surface area contributed by atoms with E-state index in [1.165, 1.54) is 6.33 Å². The molecule has 4 rings (SSSR count). The Morgan fingerprint density at radius 2 is 1.91 bits per heavy atom. The molecular weight excluding hydrogens is 406 g/mol. The van der Waals surface area contributed by atoms with Gasteiger partial charge in [0.1, 0.15) is 12.0 Å². The standard InChI is InChI=1S/C23H31N7O2/c1-13(2)18-19(16-10-15(5)22-24-12-25-30(22)11-16)27-28-20(18)21(31)23(32)26-17-6-8-29(9-7-17)14(3)4/h10-14,17H,6-9H2,1-5H3,(H,26,32)(H,27,28). The van der Waals surface area contributed by atoms with Crippen LogP contribution in [0.3, 0.4) is 0 Å². The number of Topliss-reactive ketones (excluding diaryl/α,β-unsaturated/α-hetero) is 1. The fraction of sp³-hybridized carbons (Fsp3) is 0.522. The number of fused-ring (bicyclic) bond motifs is 1. The summed E-state index contributed by atoms with van der Waals surface area (Å²) in [5, 5.41) is 14.4. The molecule has 9 heteroatoms. The fourth-order valence-electron chi connectivity index (χ4n) is 4.45. The van der Waals surface area contributed by atoms with Crippen molar-refractivity contribution in [1.29, 1.82) is 0 Å². The van der Waals surface area contributed by atoms with Crippen LogP contribution in [0.15, 0.2) is 18.6 Å². The molecule has 2 N–H and O–H groups in total. The van der Waals surface area contributed by atoms with Gasteiger partial charge in [0.05, 0.1) is 5.69 Å². The van der Waals surface area contributed by atoms with Crippen molar-refractivity contribution in [2.75, 3.05) is 13.1 Å². The van der Waals surface area contributed by atoms with E-state index in [0.29, 0.717) is 11.7 Å². The van der Waals surface area contributed by atoms with Crippen LogP contribution in [0.25, 0.3) is 16.9 Å². The van der Waals surface area contributed by atoms with Crippen molar-refractivity contribution in [2.24, 2.45) is 0 Å². The lowest BCUT2D eigenvalue weighted by Crippen LogP contribution is -2.48. The van der Waals surface area contributed by atoms with Crippen LogP contribution in [0.2, 0.25) is 0 Å². The Kier molecular flexibility index (Phi) is 6.10. The van der Waals surface area contributed by atoms with Crippen molar-refractivity contribution in [3.05, 3.63) is 35.4 Å². The van der Waals surface area contributed by atoms with Crippen LogP contribution in [-0.2, 0) is 4.79 Å². The van der Waals surface area contributed by atoms with Gasteiger partial charge in [0.15, 0.2) is 5.65 Å². The van der Waals surface area contributed by atoms with E-state index in [9.17, 15) is 9.59 Å². The van der Waals surface area contributed by atoms with Crippen LogP contribution >= 0.6 is 0 Å². The molecule has 0 aromatic carbocycles. The fourth-order valence-corrected chi connectivity index (χ4v) is 4.45. The number of likely N-dealkylation sites (tertiary alicyclic amines) is 1. The number of hydrogen-bond acceptors (Lipinski definition) is 6. The van der Waals surface area contributed by atoms with Gasteiger partial charge in [-0.2, -0.15) is 10.2 Å². The number of H-pyrrole nitrogens is 1. The lowest BCUT2D eigenvalue weighted by atomic mass is 9.95. The molecule has 3 aromatic rings. The van der Waals surface area contributed by atoms with Crippen LogP contribution in [-0.4, -0.2) is 66.6 Å². The number of hydrogen-bond donors (Lipinski definition) is 2. The molecule has 0 aliphatic carbocycles. The quantitative estimate of drug-likeness (QED) is 0.453. The van der Waals surface area contributed by atoms with Crippen molar-refractivity contribution in [2.45, 2.75) is 65.5 Å². The molecule has 9 nitrogen and oxygen atoms in total. The van der Waals surface area contributed by atoms with E-state index in [1.807, 2.05) is 33.0 Å². The van der Waals surface area contributed by atoms with Gasteiger partial charge >= 0.3 is 0 Å². The highest BCUT2D eigenvalue weighted by molar-refractivity contribution is 6.42. The van der Waals surface area contributed by atoms with Gasteiger partial charge in [0, 0.05) is 42.5 Å². The number of rotatable bonds is 6.